The Labute approximate surface area is 91.7 Å². The molecule has 0 bridgehead atoms. The lowest BCUT2D eigenvalue weighted by molar-refractivity contribution is -0.128. The van der Waals surface area contributed by atoms with Crippen molar-refractivity contribution in [2.75, 3.05) is 13.1 Å². The van der Waals surface area contributed by atoms with E-state index in [1.807, 2.05) is 4.90 Å². The Kier molecular flexibility index (Phi) is 2.38. The quantitative estimate of drug-likeness (QED) is 0.606. The van der Waals surface area contributed by atoms with Crippen LogP contribution < -0.4 is 0 Å². The van der Waals surface area contributed by atoms with Gasteiger partial charge in [-0.3, -0.25) is 9.69 Å². The van der Waals surface area contributed by atoms with E-state index in [-0.39, 0.29) is 11.4 Å². The number of carbonyl (C=O) groups is 1. The first kappa shape index (κ1) is 10.7. The van der Waals surface area contributed by atoms with Crippen molar-refractivity contribution >= 4 is 5.91 Å². The van der Waals surface area contributed by atoms with Crippen molar-refractivity contribution in [1.29, 1.82) is 0 Å². The second-order valence-electron chi connectivity index (χ2n) is 5.47. The summed E-state index contributed by atoms with van der Waals surface area (Å²) in [5.41, 5.74) is 0.225. The van der Waals surface area contributed by atoms with Crippen LogP contribution in [0.5, 0.6) is 0 Å². The SMILES string of the molecule is C=CC(=O)N1CCN(C(C)(C)C)C2CC21. The van der Waals surface area contributed by atoms with Gasteiger partial charge in [0.15, 0.2) is 0 Å². The minimum Gasteiger partial charge on any atom is -0.333 e. The maximum atomic E-state index is 11.5. The summed E-state index contributed by atoms with van der Waals surface area (Å²) >= 11 is 0. The molecule has 15 heavy (non-hydrogen) atoms. The first-order valence-corrected chi connectivity index (χ1v) is 5.65. The molecule has 0 aromatic carbocycles. The predicted octanol–water partition coefficient (Wildman–Crippen LogP) is 1.26. The molecule has 2 aliphatic rings. The third-order valence-corrected chi connectivity index (χ3v) is 3.43. The van der Waals surface area contributed by atoms with E-state index in [2.05, 4.69) is 32.3 Å². The van der Waals surface area contributed by atoms with Gasteiger partial charge in [0.1, 0.15) is 0 Å². The van der Waals surface area contributed by atoms with Gasteiger partial charge in [-0.05, 0) is 33.3 Å². The largest absolute Gasteiger partial charge is 0.333 e. The van der Waals surface area contributed by atoms with Crippen molar-refractivity contribution in [3.8, 4) is 0 Å². The van der Waals surface area contributed by atoms with Crippen LogP contribution in [0, 0.1) is 0 Å². The molecule has 1 heterocycles. The van der Waals surface area contributed by atoms with Crippen LogP contribution in [0.2, 0.25) is 0 Å². The molecule has 0 aromatic rings. The minimum absolute atomic E-state index is 0.0936. The summed E-state index contributed by atoms with van der Waals surface area (Å²) in [7, 11) is 0. The average Bonchev–Trinajstić information content (AvgIpc) is 2.92. The van der Waals surface area contributed by atoms with Crippen LogP contribution in [0.4, 0.5) is 0 Å². The van der Waals surface area contributed by atoms with Gasteiger partial charge in [-0.25, -0.2) is 0 Å². The van der Waals surface area contributed by atoms with Crippen molar-refractivity contribution in [2.24, 2.45) is 0 Å². The number of piperazine rings is 1. The molecule has 2 unspecified atom stereocenters. The number of hydrogen-bond acceptors (Lipinski definition) is 2. The van der Waals surface area contributed by atoms with E-state index in [1.165, 1.54) is 6.08 Å². The van der Waals surface area contributed by atoms with Gasteiger partial charge in [0, 0.05) is 30.7 Å². The second kappa shape index (κ2) is 3.34. The molecule has 3 nitrogen and oxygen atoms in total. The molecule has 3 heteroatoms. The number of hydrogen-bond donors (Lipinski definition) is 0. The Hall–Kier alpha value is -0.830. The summed E-state index contributed by atoms with van der Waals surface area (Å²) in [5, 5.41) is 0. The van der Waals surface area contributed by atoms with E-state index in [4.69, 9.17) is 0 Å². The molecule has 84 valence electrons. The standard InChI is InChI=1S/C12H20N2O/c1-5-11(15)13-6-7-14(12(2,3)4)10-8-9(10)13/h5,9-10H,1,6-8H2,2-4H3. The van der Waals surface area contributed by atoms with Gasteiger partial charge in [0.05, 0.1) is 0 Å². The minimum atomic E-state index is 0.0936. The van der Waals surface area contributed by atoms with Crippen LogP contribution in [-0.4, -0.2) is 46.4 Å². The van der Waals surface area contributed by atoms with Crippen LogP contribution in [0.25, 0.3) is 0 Å². The van der Waals surface area contributed by atoms with Crippen LogP contribution in [0.1, 0.15) is 27.2 Å². The average molecular weight is 208 g/mol. The second-order valence-corrected chi connectivity index (χ2v) is 5.47. The summed E-state index contributed by atoms with van der Waals surface area (Å²) in [6.45, 7) is 12.1. The summed E-state index contributed by atoms with van der Waals surface area (Å²) in [6, 6.07) is 1.03. The zero-order valence-electron chi connectivity index (χ0n) is 9.86. The smallest absolute Gasteiger partial charge is 0.246 e. The van der Waals surface area contributed by atoms with Gasteiger partial charge in [-0.15, -0.1) is 0 Å². The van der Waals surface area contributed by atoms with Gasteiger partial charge < -0.3 is 4.90 Å². The fraction of sp³-hybridized carbons (Fsp3) is 0.750. The zero-order chi connectivity index (χ0) is 11.2. The van der Waals surface area contributed by atoms with E-state index in [9.17, 15) is 4.79 Å². The molecule has 1 aliphatic heterocycles. The summed E-state index contributed by atoms with van der Waals surface area (Å²) in [6.07, 6.45) is 2.57. The molecule has 2 fully saturated rings. The molecular formula is C12H20N2O. The number of carbonyl (C=O) groups excluding carboxylic acids is 1. The van der Waals surface area contributed by atoms with Crippen molar-refractivity contribution in [2.45, 2.75) is 44.8 Å². The highest BCUT2D eigenvalue weighted by Gasteiger charge is 2.52. The lowest BCUT2D eigenvalue weighted by atomic mass is 10.0. The molecule has 1 saturated heterocycles. The predicted molar refractivity (Wildman–Crippen MR) is 60.6 cm³/mol. The van der Waals surface area contributed by atoms with E-state index in [0.29, 0.717) is 12.1 Å². The van der Waals surface area contributed by atoms with Gasteiger partial charge in [0.25, 0.3) is 0 Å². The molecule has 2 atom stereocenters. The van der Waals surface area contributed by atoms with Gasteiger partial charge >= 0.3 is 0 Å². The van der Waals surface area contributed by atoms with Crippen LogP contribution >= 0.6 is 0 Å². The highest BCUT2D eigenvalue weighted by atomic mass is 16.2. The number of rotatable bonds is 1. The fourth-order valence-corrected chi connectivity index (χ4v) is 2.61. The Morgan fingerprint density at radius 2 is 2.00 bits per heavy atom. The summed E-state index contributed by atoms with van der Waals surface area (Å²) < 4.78 is 0. The third-order valence-electron chi connectivity index (χ3n) is 3.43. The first-order chi connectivity index (χ1) is 6.95. The Morgan fingerprint density at radius 3 is 2.53 bits per heavy atom. The van der Waals surface area contributed by atoms with Crippen molar-refractivity contribution < 1.29 is 4.79 Å². The molecule has 1 amide bonds. The van der Waals surface area contributed by atoms with E-state index in [0.717, 1.165) is 19.5 Å². The molecule has 1 saturated carbocycles. The van der Waals surface area contributed by atoms with E-state index >= 15 is 0 Å². The lowest BCUT2D eigenvalue weighted by Crippen LogP contribution is -2.54. The lowest BCUT2D eigenvalue weighted by Gasteiger charge is -2.41. The van der Waals surface area contributed by atoms with Crippen molar-refractivity contribution in [1.82, 2.24) is 9.80 Å². The Balaban J connectivity index is 2.04. The number of fused-ring (bicyclic) bond motifs is 1. The van der Waals surface area contributed by atoms with E-state index in [1.54, 1.807) is 0 Å². The summed E-state index contributed by atoms with van der Waals surface area (Å²) in [4.78, 5) is 16.0. The third kappa shape index (κ3) is 1.81. The van der Waals surface area contributed by atoms with Crippen molar-refractivity contribution in [3.63, 3.8) is 0 Å². The van der Waals surface area contributed by atoms with Crippen molar-refractivity contribution in [3.05, 3.63) is 12.7 Å². The molecule has 0 radical (unpaired) electrons. The van der Waals surface area contributed by atoms with Crippen LogP contribution in [0.15, 0.2) is 12.7 Å². The van der Waals surface area contributed by atoms with Gasteiger partial charge in [-0.2, -0.15) is 0 Å². The highest BCUT2D eigenvalue weighted by Crippen LogP contribution is 2.40. The molecule has 2 rings (SSSR count). The zero-order valence-corrected chi connectivity index (χ0v) is 9.86. The first-order valence-electron chi connectivity index (χ1n) is 5.65. The Bertz CT molecular complexity index is 292. The van der Waals surface area contributed by atoms with Gasteiger partial charge in [0.2, 0.25) is 5.91 Å². The topological polar surface area (TPSA) is 23.6 Å². The molecule has 0 spiro atoms. The maximum absolute atomic E-state index is 11.5. The molecular weight excluding hydrogens is 188 g/mol. The number of amides is 1. The maximum Gasteiger partial charge on any atom is 0.246 e. The fourth-order valence-electron chi connectivity index (χ4n) is 2.61. The highest BCUT2D eigenvalue weighted by molar-refractivity contribution is 5.87. The molecule has 0 aromatic heterocycles. The number of nitrogens with zero attached hydrogens (tertiary/aromatic N) is 2. The monoisotopic (exact) mass is 208 g/mol. The normalized spacial score (nSPS) is 31.0. The Morgan fingerprint density at radius 1 is 1.33 bits per heavy atom. The van der Waals surface area contributed by atoms with Crippen LogP contribution in [-0.2, 0) is 4.79 Å². The summed E-state index contributed by atoms with van der Waals surface area (Å²) in [5.74, 6) is 0.0936. The molecule has 1 aliphatic carbocycles. The van der Waals surface area contributed by atoms with Gasteiger partial charge in [-0.1, -0.05) is 6.58 Å². The van der Waals surface area contributed by atoms with Crippen LogP contribution in [0.3, 0.4) is 0 Å². The van der Waals surface area contributed by atoms with E-state index < -0.39 is 0 Å². The molecule has 0 N–H and O–H groups in total.